The summed E-state index contributed by atoms with van der Waals surface area (Å²) >= 11 is 13.1. The summed E-state index contributed by atoms with van der Waals surface area (Å²) in [6, 6.07) is 13.5. The van der Waals surface area contributed by atoms with Crippen LogP contribution in [0.4, 0.5) is 10.8 Å². The Labute approximate surface area is 163 Å². The second kappa shape index (κ2) is 8.31. The zero-order valence-corrected chi connectivity index (χ0v) is 15.6. The lowest BCUT2D eigenvalue weighted by atomic mass is 10.1. The van der Waals surface area contributed by atoms with Gasteiger partial charge in [-0.15, -0.1) is 11.3 Å². The highest BCUT2D eigenvalue weighted by atomic mass is 35.5. The summed E-state index contributed by atoms with van der Waals surface area (Å²) in [5, 5.41) is 6.15. The van der Waals surface area contributed by atoms with Crippen LogP contribution in [0.1, 0.15) is 20.8 Å². The standard InChI is InChI=1S/C18H12Cl2N2O3S/c19-12-7-5-11(6-8-12)16(23)9-25-17(24)15-10-26-18(22-15)21-14-4-2-1-3-13(14)20/h1-8,10H,9H2,(H,21,22). The molecule has 2 aromatic carbocycles. The first-order valence-corrected chi connectivity index (χ1v) is 9.09. The van der Waals surface area contributed by atoms with Gasteiger partial charge in [-0.3, -0.25) is 4.79 Å². The molecule has 0 saturated heterocycles. The van der Waals surface area contributed by atoms with Gasteiger partial charge in [0.05, 0.1) is 10.7 Å². The third-order valence-electron chi connectivity index (χ3n) is 3.33. The van der Waals surface area contributed by atoms with Crippen LogP contribution >= 0.6 is 34.5 Å². The van der Waals surface area contributed by atoms with Crippen LogP contribution in [0, 0.1) is 0 Å². The fraction of sp³-hybridized carbons (Fsp3) is 0.0556. The second-order valence-electron chi connectivity index (χ2n) is 5.15. The molecule has 0 amide bonds. The number of thiazole rings is 1. The van der Waals surface area contributed by atoms with Crippen molar-refractivity contribution >= 4 is 57.1 Å². The van der Waals surface area contributed by atoms with Gasteiger partial charge < -0.3 is 10.1 Å². The Morgan fingerprint density at radius 3 is 2.54 bits per heavy atom. The predicted molar refractivity (Wildman–Crippen MR) is 103 cm³/mol. The highest BCUT2D eigenvalue weighted by Crippen LogP contribution is 2.26. The number of hydrogen-bond donors (Lipinski definition) is 1. The quantitative estimate of drug-likeness (QED) is 0.448. The number of rotatable bonds is 6. The number of carbonyl (C=O) groups is 2. The molecule has 0 bridgehead atoms. The molecule has 1 heterocycles. The van der Waals surface area contributed by atoms with Crippen LogP contribution in [0.25, 0.3) is 0 Å². The van der Waals surface area contributed by atoms with Crippen molar-refractivity contribution in [2.24, 2.45) is 0 Å². The van der Waals surface area contributed by atoms with Gasteiger partial charge in [-0.25, -0.2) is 9.78 Å². The summed E-state index contributed by atoms with van der Waals surface area (Å²) < 4.78 is 5.03. The lowest BCUT2D eigenvalue weighted by Gasteiger charge is -2.04. The number of para-hydroxylation sites is 1. The molecule has 0 aliphatic carbocycles. The molecule has 26 heavy (non-hydrogen) atoms. The molecule has 8 heteroatoms. The first-order valence-electron chi connectivity index (χ1n) is 7.46. The summed E-state index contributed by atoms with van der Waals surface area (Å²) in [5.74, 6) is -0.990. The van der Waals surface area contributed by atoms with E-state index in [1.807, 2.05) is 12.1 Å². The van der Waals surface area contributed by atoms with E-state index in [-0.39, 0.29) is 18.1 Å². The number of anilines is 2. The average Bonchev–Trinajstić information content (AvgIpc) is 3.10. The van der Waals surface area contributed by atoms with Crippen LogP contribution < -0.4 is 5.32 Å². The molecule has 3 rings (SSSR count). The SMILES string of the molecule is O=C(COC(=O)c1csc(Nc2ccccc2Cl)n1)c1ccc(Cl)cc1. The molecule has 1 aromatic heterocycles. The number of aromatic nitrogens is 1. The van der Waals surface area contributed by atoms with Gasteiger partial charge in [0.2, 0.25) is 0 Å². The molecule has 1 N–H and O–H groups in total. The molecule has 0 fully saturated rings. The minimum Gasteiger partial charge on any atom is -0.453 e. The number of benzene rings is 2. The maximum absolute atomic E-state index is 12.1. The van der Waals surface area contributed by atoms with E-state index in [9.17, 15) is 9.59 Å². The Morgan fingerprint density at radius 2 is 1.81 bits per heavy atom. The van der Waals surface area contributed by atoms with E-state index in [0.717, 1.165) is 0 Å². The van der Waals surface area contributed by atoms with Crippen molar-refractivity contribution in [2.45, 2.75) is 0 Å². The Kier molecular flexibility index (Phi) is 5.88. The summed E-state index contributed by atoms with van der Waals surface area (Å²) in [5.41, 5.74) is 1.22. The van der Waals surface area contributed by atoms with E-state index in [1.54, 1.807) is 41.8 Å². The third-order valence-corrected chi connectivity index (χ3v) is 4.67. The second-order valence-corrected chi connectivity index (χ2v) is 6.85. The van der Waals surface area contributed by atoms with Gasteiger partial charge in [0.1, 0.15) is 0 Å². The number of ketones is 1. The number of Topliss-reactive ketones (excluding diaryl/α,β-unsaturated/α-hetero) is 1. The summed E-state index contributed by atoms with van der Waals surface area (Å²) in [7, 11) is 0. The van der Waals surface area contributed by atoms with Gasteiger partial charge in [0.25, 0.3) is 0 Å². The summed E-state index contributed by atoms with van der Waals surface area (Å²) in [6.07, 6.45) is 0. The minimum atomic E-state index is -0.671. The lowest BCUT2D eigenvalue weighted by molar-refractivity contribution is 0.0470. The number of carbonyl (C=O) groups excluding carboxylic acids is 2. The smallest absolute Gasteiger partial charge is 0.358 e. The zero-order chi connectivity index (χ0) is 18.5. The van der Waals surface area contributed by atoms with Gasteiger partial charge in [-0.05, 0) is 36.4 Å². The van der Waals surface area contributed by atoms with Crippen LogP contribution in [-0.4, -0.2) is 23.3 Å². The van der Waals surface area contributed by atoms with E-state index in [1.165, 1.54) is 11.3 Å². The normalized spacial score (nSPS) is 10.4. The van der Waals surface area contributed by atoms with Crippen molar-refractivity contribution in [3.63, 3.8) is 0 Å². The summed E-state index contributed by atoms with van der Waals surface area (Å²) in [4.78, 5) is 28.2. The summed E-state index contributed by atoms with van der Waals surface area (Å²) in [6.45, 7) is -0.370. The molecule has 3 aromatic rings. The highest BCUT2D eigenvalue weighted by Gasteiger charge is 2.15. The van der Waals surface area contributed by atoms with Crippen molar-refractivity contribution in [1.82, 2.24) is 4.98 Å². The van der Waals surface area contributed by atoms with Crippen molar-refractivity contribution in [3.8, 4) is 0 Å². The number of ether oxygens (including phenoxy) is 1. The molecule has 0 unspecified atom stereocenters. The van der Waals surface area contributed by atoms with Crippen LogP contribution in [0.5, 0.6) is 0 Å². The van der Waals surface area contributed by atoms with Crippen molar-refractivity contribution in [1.29, 1.82) is 0 Å². The van der Waals surface area contributed by atoms with Crippen molar-refractivity contribution in [3.05, 3.63) is 75.2 Å². The van der Waals surface area contributed by atoms with E-state index in [4.69, 9.17) is 27.9 Å². The molecule has 0 spiro atoms. The molecule has 0 aliphatic rings. The number of halogens is 2. The maximum Gasteiger partial charge on any atom is 0.358 e. The van der Waals surface area contributed by atoms with Crippen LogP contribution in [0.2, 0.25) is 10.0 Å². The fourth-order valence-corrected chi connectivity index (χ4v) is 3.03. The topological polar surface area (TPSA) is 68.3 Å². The maximum atomic E-state index is 12.1. The number of nitrogens with one attached hydrogen (secondary N) is 1. The van der Waals surface area contributed by atoms with Crippen LogP contribution in [-0.2, 0) is 4.74 Å². The van der Waals surface area contributed by atoms with E-state index < -0.39 is 5.97 Å². The molecule has 0 aliphatic heterocycles. The molecular formula is C18H12Cl2N2O3S. The molecule has 5 nitrogen and oxygen atoms in total. The Morgan fingerprint density at radius 1 is 1.08 bits per heavy atom. The molecule has 0 atom stereocenters. The van der Waals surface area contributed by atoms with Gasteiger partial charge >= 0.3 is 5.97 Å². The molecule has 0 saturated carbocycles. The predicted octanol–water partition coefficient (Wildman–Crippen LogP) is 5.23. The van der Waals surface area contributed by atoms with Crippen LogP contribution in [0.15, 0.2) is 53.9 Å². The van der Waals surface area contributed by atoms with Crippen LogP contribution in [0.3, 0.4) is 0 Å². The Balaban J connectivity index is 1.59. The van der Waals surface area contributed by atoms with Gasteiger partial charge in [-0.2, -0.15) is 0 Å². The first kappa shape index (κ1) is 18.4. The average molecular weight is 407 g/mol. The molecule has 0 radical (unpaired) electrons. The third kappa shape index (κ3) is 4.60. The largest absolute Gasteiger partial charge is 0.453 e. The Hall–Kier alpha value is -2.41. The zero-order valence-electron chi connectivity index (χ0n) is 13.2. The van der Waals surface area contributed by atoms with Crippen molar-refractivity contribution < 1.29 is 14.3 Å². The Bertz CT molecular complexity index is 942. The number of nitrogens with zero attached hydrogens (tertiary/aromatic N) is 1. The number of esters is 1. The first-order chi connectivity index (χ1) is 12.5. The van der Waals surface area contributed by atoms with E-state index in [0.29, 0.717) is 26.4 Å². The lowest BCUT2D eigenvalue weighted by Crippen LogP contribution is -2.14. The number of hydrogen-bond acceptors (Lipinski definition) is 6. The van der Waals surface area contributed by atoms with Gasteiger partial charge in [0, 0.05) is 16.0 Å². The van der Waals surface area contributed by atoms with Gasteiger partial charge in [0.15, 0.2) is 23.2 Å². The molecule has 132 valence electrons. The van der Waals surface area contributed by atoms with E-state index >= 15 is 0 Å². The highest BCUT2D eigenvalue weighted by molar-refractivity contribution is 7.14. The van der Waals surface area contributed by atoms with E-state index in [2.05, 4.69) is 10.3 Å². The fourth-order valence-electron chi connectivity index (χ4n) is 2.03. The van der Waals surface area contributed by atoms with Crippen molar-refractivity contribution in [2.75, 3.05) is 11.9 Å². The monoisotopic (exact) mass is 406 g/mol. The minimum absolute atomic E-state index is 0.119. The molecular weight excluding hydrogens is 395 g/mol. The van der Waals surface area contributed by atoms with Gasteiger partial charge in [-0.1, -0.05) is 35.3 Å².